The van der Waals surface area contributed by atoms with Crippen molar-refractivity contribution in [1.29, 1.82) is 0 Å². The van der Waals surface area contributed by atoms with Gasteiger partial charge >= 0.3 is 0 Å². The van der Waals surface area contributed by atoms with Crippen molar-refractivity contribution < 1.29 is 8.42 Å². The van der Waals surface area contributed by atoms with E-state index < -0.39 is 10.0 Å². The van der Waals surface area contributed by atoms with E-state index in [1.807, 2.05) is 6.92 Å². The predicted octanol–water partition coefficient (Wildman–Crippen LogP) is 3.29. The molecule has 0 saturated heterocycles. The summed E-state index contributed by atoms with van der Waals surface area (Å²) in [6, 6.07) is 1.83. The Bertz CT molecular complexity index is 490. The lowest BCUT2D eigenvalue weighted by atomic mass is 10.1. The molecule has 6 heteroatoms. The summed E-state index contributed by atoms with van der Waals surface area (Å²) in [7, 11) is -3.33. The highest BCUT2D eigenvalue weighted by molar-refractivity contribution is 9.11. The summed E-state index contributed by atoms with van der Waals surface area (Å²) < 4.78 is 28.4. The van der Waals surface area contributed by atoms with Crippen molar-refractivity contribution >= 4 is 37.3 Å². The molecular weight excluding hydrogens is 322 g/mol. The Morgan fingerprint density at radius 2 is 2.18 bits per heavy atom. The van der Waals surface area contributed by atoms with Gasteiger partial charge in [-0.2, -0.15) is 0 Å². The van der Waals surface area contributed by atoms with Crippen LogP contribution >= 0.6 is 27.3 Å². The van der Waals surface area contributed by atoms with Gasteiger partial charge in [0.05, 0.1) is 3.79 Å². The lowest BCUT2D eigenvalue weighted by molar-refractivity contribution is 0.540. The largest absolute Gasteiger partial charge is 0.250 e. The van der Waals surface area contributed by atoms with Gasteiger partial charge in [0, 0.05) is 6.04 Å². The second kappa shape index (κ2) is 4.99. The second-order valence-electron chi connectivity index (χ2n) is 4.76. The van der Waals surface area contributed by atoms with E-state index in [0.29, 0.717) is 10.1 Å². The maximum absolute atomic E-state index is 12.1. The lowest BCUT2D eigenvalue weighted by Crippen LogP contribution is -2.32. The minimum Gasteiger partial charge on any atom is -0.207 e. The van der Waals surface area contributed by atoms with Gasteiger partial charge in [0.15, 0.2) is 0 Å². The van der Waals surface area contributed by atoms with Crippen LogP contribution in [0, 0.1) is 12.8 Å². The first-order valence-electron chi connectivity index (χ1n) is 5.67. The third kappa shape index (κ3) is 3.10. The zero-order valence-corrected chi connectivity index (χ0v) is 13.1. The molecule has 0 bridgehead atoms. The smallest absolute Gasteiger partial charge is 0.207 e. The molecule has 2 unspecified atom stereocenters. The number of hydrogen-bond donors (Lipinski definition) is 1. The van der Waals surface area contributed by atoms with Crippen LogP contribution in [-0.4, -0.2) is 14.5 Å². The maximum atomic E-state index is 12.1. The molecule has 3 nitrogen and oxygen atoms in total. The Labute approximate surface area is 115 Å². The van der Waals surface area contributed by atoms with E-state index in [9.17, 15) is 8.42 Å². The molecule has 96 valence electrons. The quantitative estimate of drug-likeness (QED) is 0.919. The van der Waals surface area contributed by atoms with E-state index in [0.717, 1.165) is 28.6 Å². The van der Waals surface area contributed by atoms with Crippen molar-refractivity contribution in [3.8, 4) is 0 Å². The van der Waals surface area contributed by atoms with Crippen molar-refractivity contribution in [1.82, 2.24) is 4.72 Å². The van der Waals surface area contributed by atoms with E-state index in [2.05, 4.69) is 27.6 Å². The van der Waals surface area contributed by atoms with Crippen molar-refractivity contribution in [2.45, 2.75) is 43.4 Å². The summed E-state index contributed by atoms with van der Waals surface area (Å²) in [5, 5.41) is 0. The van der Waals surface area contributed by atoms with Crippen LogP contribution in [-0.2, 0) is 10.0 Å². The number of thiophene rings is 1. The van der Waals surface area contributed by atoms with Crippen molar-refractivity contribution in [2.24, 2.45) is 5.92 Å². The maximum Gasteiger partial charge on any atom is 0.250 e. The number of sulfonamides is 1. The predicted molar refractivity (Wildman–Crippen MR) is 73.9 cm³/mol. The Hall–Kier alpha value is 0.0900. The summed E-state index contributed by atoms with van der Waals surface area (Å²) >= 11 is 4.63. The highest BCUT2D eigenvalue weighted by Crippen LogP contribution is 2.32. The van der Waals surface area contributed by atoms with Gasteiger partial charge in [-0.25, -0.2) is 13.1 Å². The zero-order valence-electron chi connectivity index (χ0n) is 9.86. The summed E-state index contributed by atoms with van der Waals surface area (Å²) in [4.78, 5) is 0. The van der Waals surface area contributed by atoms with Crippen LogP contribution in [0.25, 0.3) is 0 Å². The summed E-state index contributed by atoms with van der Waals surface area (Å²) in [5.74, 6) is 0.625. The molecule has 2 atom stereocenters. The Morgan fingerprint density at radius 3 is 2.65 bits per heavy atom. The van der Waals surface area contributed by atoms with Gasteiger partial charge in [0.25, 0.3) is 0 Å². The number of hydrogen-bond acceptors (Lipinski definition) is 3. The first-order valence-corrected chi connectivity index (χ1v) is 8.76. The molecule has 1 fully saturated rings. The van der Waals surface area contributed by atoms with E-state index in [-0.39, 0.29) is 6.04 Å². The van der Waals surface area contributed by atoms with Gasteiger partial charge in [-0.3, -0.25) is 0 Å². The SMILES string of the molecule is Cc1cc(S(=O)(=O)NC2CCC(C)C2)sc1Br. The third-order valence-electron chi connectivity index (χ3n) is 3.12. The molecule has 1 aliphatic rings. The Balaban J connectivity index is 2.14. The van der Waals surface area contributed by atoms with Crippen LogP contribution in [0.3, 0.4) is 0 Å². The van der Waals surface area contributed by atoms with Crippen LogP contribution in [0.5, 0.6) is 0 Å². The van der Waals surface area contributed by atoms with Gasteiger partial charge in [0.2, 0.25) is 10.0 Å². The van der Waals surface area contributed by atoms with Crippen molar-refractivity contribution in [3.63, 3.8) is 0 Å². The van der Waals surface area contributed by atoms with Gasteiger partial charge in [0.1, 0.15) is 4.21 Å². The van der Waals surface area contributed by atoms with Crippen LogP contribution in [0.1, 0.15) is 31.7 Å². The van der Waals surface area contributed by atoms with Crippen molar-refractivity contribution in [3.05, 3.63) is 15.4 Å². The number of rotatable bonds is 3. The average Bonchev–Trinajstić information content (AvgIpc) is 2.75. The van der Waals surface area contributed by atoms with Crippen LogP contribution in [0.2, 0.25) is 0 Å². The Kier molecular flexibility index (Phi) is 3.97. The molecule has 0 aliphatic heterocycles. The molecule has 17 heavy (non-hydrogen) atoms. The van der Waals surface area contributed by atoms with Crippen molar-refractivity contribution in [2.75, 3.05) is 0 Å². The minimum absolute atomic E-state index is 0.108. The molecule has 0 amide bonds. The summed E-state index contributed by atoms with van der Waals surface area (Å²) in [6.07, 6.45) is 3.01. The van der Waals surface area contributed by atoms with E-state index in [4.69, 9.17) is 0 Å². The van der Waals surface area contributed by atoms with E-state index in [1.165, 1.54) is 11.3 Å². The first kappa shape index (κ1) is 13.5. The Morgan fingerprint density at radius 1 is 1.47 bits per heavy atom. The molecule has 0 spiro atoms. The van der Waals surface area contributed by atoms with Gasteiger partial charge in [-0.05, 0) is 59.7 Å². The molecule has 2 rings (SSSR count). The number of halogens is 1. The molecular formula is C11H16BrNO2S2. The summed E-state index contributed by atoms with van der Waals surface area (Å²) in [5.41, 5.74) is 0.968. The monoisotopic (exact) mass is 337 g/mol. The van der Waals surface area contributed by atoms with Gasteiger partial charge in [-0.15, -0.1) is 11.3 Å². The first-order chi connectivity index (χ1) is 7.88. The summed E-state index contributed by atoms with van der Waals surface area (Å²) in [6.45, 7) is 4.07. The normalized spacial score (nSPS) is 25.4. The molecule has 1 N–H and O–H groups in total. The van der Waals surface area contributed by atoms with Crippen LogP contribution in [0.4, 0.5) is 0 Å². The topological polar surface area (TPSA) is 46.2 Å². The molecule has 1 aromatic heterocycles. The van der Waals surface area contributed by atoms with Gasteiger partial charge in [-0.1, -0.05) is 6.92 Å². The number of aryl methyl sites for hydroxylation is 1. The zero-order chi connectivity index (χ0) is 12.6. The highest BCUT2D eigenvalue weighted by Gasteiger charge is 2.27. The third-order valence-corrected chi connectivity index (χ3v) is 7.25. The molecule has 1 aliphatic carbocycles. The van der Waals surface area contributed by atoms with Crippen LogP contribution in [0.15, 0.2) is 14.1 Å². The number of nitrogens with one attached hydrogen (secondary N) is 1. The fourth-order valence-electron chi connectivity index (χ4n) is 2.16. The second-order valence-corrected chi connectivity index (χ2v) is 9.07. The fourth-order valence-corrected chi connectivity index (χ4v) is 5.68. The molecule has 0 radical (unpaired) electrons. The fraction of sp³-hybridized carbons (Fsp3) is 0.636. The highest BCUT2D eigenvalue weighted by atomic mass is 79.9. The minimum atomic E-state index is -3.33. The molecule has 1 heterocycles. The lowest BCUT2D eigenvalue weighted by Gasteiger charge is -2.11. The van der Waals surface area contributed by atoms with E-state index in [1.54, 1.807) is 6.07 Å². The molecule has 1 saturated carbocycles. The molecule has 0 aromatic carbocycles. The van der Waals surface area contributed by atoms with Gasteiger partial charge < -0.3 is 0 Å². The average molecular weight is 338 g/mol. The standard InChI is InChI=1S/C11H16BrNO2S2/c1-7-3-4-9(5-7)13-17(14,15)10-6-8(2)11(12)16-10/h6-7,9,13H,3-5H2,1-2H3. The van der Waals surface area contributed by atoms with Crippen LogP contribution < -0.4 is 4.72 Å². The molecule has 1 aromatic rings. The van der Waals surface area contributed by atoms with E-state index >= 15 is 0 Å².